The van der Waals surface area contributed by atoms with Crippen LogP contribution < -0.4 is 10.1 Å². The van der Waals surface area contributed by atoms with Gasteiger partial charge in [-0.1, -0.05) is 29.8 Å². The number of benzene rings is 2. The van der Waals surface area contributed by atoms with Crippen LogP contribution in [0, 0.1) is 13.8 Å². The molecule has 116 valence electrons. The first kappa shape index (κ1) is 16.4. The second-order valence-electron chi connectivity index (χ2n) is 5.25. The topological polar surface area (TPSA) is 38.3 Å². The fraction of sp³-hybridized carbons (Fsp3) is 0.278. The predicted octanol–water partition coefficient (Wildman–Crippen LogP) is 3.69. The van der Waals surface area contributed by atoms with E-state index in [2.05, 4.69) is 25.2 Å². The normalized spacial score (nSPS) is 10.3. The molecule has 0 saturated carbocycles. The Morgan fingerprint density at radius 2 is 1.82 bits per heavy atom. The van der Waals surface area contributed by atoms with E-state index in [1.807, 2.05) is 12.1 Å². The lowest BCUT2D eigenvalue weighted by Crippen LogP contribution is -2.29. The van der Waals surface area contributed by atoms with Gasteiger partial charge >= 0.3 is 0 Å². The van der Waals surface area contributed by atoms with Gasteiger partial charge in [0.2, 0.25) is 5.91 Å². The third-order valence-corrected chi connectivity index (χ3v) is 3.69. The van der Waals surface area contributed by atoms with Crippen molar-refractivity contribution in [2.75, 3.05) is 13.2 Å². The molecule has 2 aromatic rings. The first-order chi connectivity index (χ1) is 10.5. The highest BCUT2D eigenvalue weighted by Crippen LogP contribution is 2.15. The van der Waals surface area contributed by atoms with Crippen LogP contribution in [0.2, 0.25) is 5.02 Å². The molecule has 2 aromatic carbocycles. The van der Waals surface area contributed by atoms with Gasteiger partial charge in [0, 0.05) is 5.02 Å². The van der Waals surface area contributed by atoms with E-state index in [0.717, 1.165) is 11.3 Å². The molecule has 0 aliphatic heterocycles. The number of amides is 1. The number of halogens is 1. The summed E-state index contributed by atoms with van der Waals surface area (Å²) >= 11 is 5.80. The first-order valence-corrected chi connectivity index (χ1v) is 7.63. The van der Waals surface area contributed by atoms with Crippen molar-refractivity contribution in [1.82, 2.24) is 5.32 Å². The molecule has 0 aliphatic carbocycles. The van der Waals surface area contributed by atoms with Crippen molar-refractivity contribution < 1.29 is 9.53 Å². The maximum Gasteiger partial charge on any atom is 0.224 e. The van der Waals surface area contributed by atoms with Crippen LogP contribution in [0.1, 0.15) is 16.7 Å². The van der Waals surface area contributed by atoms with Crippen LogP contribution >= 0.6 is 11.6 Å². The smallest absolute Gasteiger partial charge is 0.224 e. The Morgan fingerprint density at radius 1 is 1.09 bits per heavy atom. The number of aryl methyl sites for hydroxylation is 2. The Labute approximate surface area is 136 Å². The summed E-state index contributed by atoms with van der Waals surface area (Å²) in [4.78, 5) is 11.9. The van der Waals surface area contributed by atoms with Crippen molar-refractivity contribution in [2.24, 2.45) is 0 Å². The van der Waals surface area contributed by atoms with Gasteiger partial charge in [0.05, 0.1) is 13.0 Å². The molecular formula is C18H20ClNO2. The van der Waals surface area contributed by atoms with Gasteiger partial charge in [0.25, 0.3) is 0 Å². The number of carbonyl (C=O) groups excluding carboxylic acids is 1. The van der Waals surface area contributed by atoms with Crippen molar-refractivity contribution in [3.05, 3.63) is 64.2 Å². The number of hydrogen-bond donors (Lipinski definition) is 1. The number of hydrogen-bond acceptors (Lipinski definition) is 2. The molecule has 2 rings (SSSR count). The highest BCUT2D eigenvalue weighted by Gasteiger charge is 2.04. The van der Waals surface area contributed by atoms with Crippen molar-refractivity contribution in [1.29, 1.82) is 0 Å². The minimum absolute atomic E-state index is 0.00274. The quantitative estimate of drug-likeness (QED) is 0.825. The van der Waals surface area contributed by atoms with Crippen LogP contribution in [-0.4, -0.2) is 19.1 Å². The fourth-order valence-corrected chi connectivity index (χ4v) is 2.18. The summed E-state index contributed by atoms with van der Waals surface area (Å²) < 4.78 is 5.52. The molecule has 0 saturated heterocycles. The van der Waals surface area contributed by atoms with Crippen molar-refractivity contribution in [3.63, 3.8) is 0 Å². The Balaban J connectivity index is 1.71. The summed E-state index contributed by atoms with van der Waals surface area (Å²) in [5, 5.41) is 3.53. The van der Waals surface area contributed by atoms with Gasteiger partial charge in [-0.25, -0.2) is 0 Å². The third kappa shape index (κ3) is 5.08. The van der Waals surface area contributed by atoms with Gasteiger partial charge in [0.1, 0.15) is 12.4 Å². The van der Waals surface area contributed by atoms with E-state index in [4.69, 9.17) is 16.3 Å². The first-order valence-electron chi connectivity index (χ1n) is 7.26. The average molecular weight is 318 g/mol. The Hall–Kier alpha value is -2.00. The summed E-state index contributed by atoms with van der Waals surface area (Å²) in [5.41, 5.74) is 3.47. The SMILES string of the molecule is Cc1ccc(CC(=O)NCCOc2ccc(Cl)cc2)cc1C. The fourth-order valence-electron chi connectivity index (χ4n) is 2.05. The molecule has 0 spiro atoms. The molecule has 0 radical (unpaired) electrons. The number of ether oxygens (including phenoxy) is 1. The van der Waals surface area contributed by atoms with E-state index in [-0.39, 0.29) is 5.91 Å². The molecule has 4 heteroatoms. The summed E-state index contributed by atoms with van der Waals surface area (Å²) in [7, 11) is 0. The minimum Gasteiger partial charge on any atom is -0.492 e. The predicted molar refractivity (Wildman–Crippen MR) is 89.6 cm³/mol. The lowest BCUT2D eigenvalue weighted by Gasteiger charge is -2.09. The van der Waals surface area contributed by atoms with Crippen LogP contribution in [-0.2, 0) is 11.2 Å². The largest absolute Gasteiger partial charge is 0.492 e. The summed E-state index contributed by atoms with van der Waals surface area (Å²) in [6.07, 6.45) is 0.391. The summed E-state index contributed by atoms with van der Waals surface area (Å²) in [6.45, 7) is 5.02. The number of rotatable bonds is 6. The van der Waals surface area contributed by atoms with Crippen molar-refractivity contribution in [2.45, 2.75) is 20.3 Å². The van der Waals surface area contributed by atoms with Crippen LogP contribution in [0.25, 0.3) is 0 Å². The van der Waals surface area contributed by atoms with Crippen LogP contribution in [0.5, 0.6) is 5.75 Å². The van der Waals surface area contributed by atoms with Crippen LogP contribution in [0.4, 0.5) is 0 Å². The lowest BCUT2D eigenvalue weighted by atomic mass is 10.0. The van der Waals surface area contributed by atoms with E-state index in [9.17, 15) is 4.79 Å². The molecule has 3 nitrogen and oxygen atoms in total. The number of carbonyl (C=O) groups is 1. The third-order valence-electron chi connectivity index (χ3n) is 3.44. The molecule has 1 N–H and O–H groups in total. The van der Waals surface area contributed by atoms with Gasteiger partial charge in [0.15, 0.2) is 0 Å². The standard InChI is InChI=1S/C18H20ClNO2/c1-13-3-4-15(11-14(13)2)12-18(21)20-9-10-22-17-7-5-16(19)6-8-17/h3-8,11H,9-10,12H2,1-2H3,(H,20,21). The van der Waals surface area contributed by atoms with E-state index in [1.54, 1.807) is 24.3 Å². The number of nitrogens with one attached hydrogen (secondary N) is 1. The Morgan fingerprint density at radius 3 is 2.50 bits per heavy atom. The van der Waals surface area contributed by atoms with Gasteiger partial charge in [-0.3, -0.25) is 4.79 Å². The highest BCUT2D eigenvalue weighted by atomic mass is 35.5. The van der Waals surface area contributed by atoms with Gasteiger partial charge in [-0.05, 0) is 54.8 Å². The molecule has 22 heavy (non-hydrogen) atoms. The summed E-state index contributed by atoms with van der Waals surface area (Å²) in [5.74, 6) is 0.746. The molecule has 0 fully saturated rings. The second kappa shape index (κ2) is 7.85. The summed E-state index contributed by atoms with van der Waals surface area (Å²) in [6, 6.07) is 13.2. The second-order valence-corrected chi connectivity index (χ2v) is 5.68. The molecule has 0 atom stereocenters. The van der Waals surface area contributed by atoms with Gasteiger partial charge in [-0.2, -0.15) is 0 Å². The van der Waals surface area contributed by atoms with Crippen LogP contribution in [0.3, 0.4) is 0 Å². The molecule has 0 unspecified atom stereocenters. The van der Waals surface area contributed by atoms with Crippen LogP contribution in [0.15, 0.2) is 42.5 Å². The van der Waals surface area contributed by atoms with E-state index >= 15 is 0 Å². The molecule has 0 heterocycles. The van der Waals surface area contributed by atoms with Crippen molar-refractivity contribution in [3.8, 4) is 5.75 Å². The van der Waals surface area contributed by atoms with E-state index < -0.39 is 0 Å². The lowest BCUT2D eigenvalue weighted by molar-refractivity contribution is -0.120. The Bertz CT molecular complexity index is 638. The Kier molecular flexibility index (Phi) is 5.84. The molecule has 0 aliphatic rings. The van der Waals surface area contributed by atoms with E-state index in [1.165, 1.54) is 11.1 Å². The maximum atomic E-state index is 11.9. The van der Waals surface area contributed by atoms with Crippen molar-refractivity contribution >= 4 is 17.5 Å². The highest BCUT2D eigenvalue weighted by molar-refractivity contribution is 6.30. The zero-order valence-electron chi connectivity index (χ0n) is 12.9. The zero-order chi connectivity index (χ0) is 15.9. The van der Waals surface area contributed by atoms with Gasteiger partial charge < -0.3 is 10.1 Å². The molecular weight excluding hydrogens is 298 g/mol. The minimum atomic E-state index is 0.00274. The molecule has 1 amide bonds. The zero-order valence-corrected chi connectivity index (χ0v) is 13.6. The maximum absolute atomic E-state index is 11.9. The monoisotopic (exact) mass is 317 g/mol. The van der Waals surface area contributed by atoms with Gasteiger partial charge in [-0.15, -0.1) is 0 Å². The van der Waals surface area contributed by atoms with E-state index in [0.29, 0.717) is 24.6 Å². The molecule has 0 aromatic heterocycles. The molecule has 0 bridgehead atoms. The average Bonchev–Trinajstić information content (AvgIpc) is 2.49.